The van der Waals surface area contributed by atoms with Gasteiger partial charge < -0.3 is 5.92 Å². The Labute approximate surface area is 101 Å². The predicted molar refractivity (Wildman–Crippen MR) is 54.6 cm³/mol. The van der Waals surface area contributed by atoms with E-state index in [1.54, 1.807) is 6.07 Å². The van der Waals surface area contributed by atoms with Gasteiger partial charge in [-0.3, -0.25) is 4.55 Å². The van der Waals surface area contributed by atoms with Gasteiger partial charge in [-0.2, -0.15) is 28.7 Å². The Morgan fingerprint density at radius 3 is 2.40 bits per heavy atom. The van der Waals surface area contributed by atoms with Crippen LogP contribution in [0.3, 0.4) is 0 Å². The normalized spacial score (nSPS) is 11.2. The molecule has 0 heterocycles. The Morgan fingerprint density at radius 1 is 1.33 bits per heavy atom. The number of hydrogen-bond donors (Lipinski definition) is 1. The zero-order chi connectivity index (χ0) is 10.8. The van der Waals surface area contributed by atoms with Crippen molar-refractivity contribution in [3.05, 3.63) is 35.7 Å². The van der Waals surface area contributed by atoms with Gasteiger partial charge in [-0.05, 0) is 12.1 Å². The minimum Gasteiger partial charge on any atom is -0.315 e. The molecule has 0 atom stereocenters. The Bertz CT molecular complexity index is 412. The predicted octanol–water partition coefficient (Wildman–Crippen LogP) is 2.09. The molecule has 88 valence electrons. The van der Waals surface area contributed by atoms with Gasteiger partial charge in [0.25, 0.3) is 10.1 Å². The smallest absolute Gasteiger partial charge is 0.315 e. The maximum atomic E-state index is 10.8. The summed E-state index contributed by atoms with van der Waals surface area (Å²) in [5.41, 5.74) is 0.889. The van der Waals surface area contributed by atoms with Crippen LogP contribution in [0.15, 0.2) is 29.2 Å². The molecular weight excluding hydrogens is 264 g/mol. The molecule has 0 aliphatic carbocycles. The Morgan fingerprint density at radius 2 is 1.93 bits per heavy atom. The summed E-state index contributed by atoms with van der Waals surface area (Å²) in [6.07, 6.45) is 0.726. The molecule has 1 N–H and O–H groups in total. The summed E-state index contributed by atoms with van der Waals surface area (Å²) in [7, 11) is -4.07. The van der Waals surface area contributed by atoms with Crippen LogP contribution in [0.4, 0.5) is 0 Å². The van der Waals surface area contributed by atoms with Gasteiger partial charge in [0, 0.05) is 0 Å². The fraction of sp³-hybridized carbons (Fsp3) is 0.300. The van der Waals surface area contributed by atoms with Crippen molar-refractivity contribution in [2.45, 2.75) is 25.2 Å². The first kappa shape index (κ1) is 14.6. The van der Waals surface area contributed by atoms with Gasteiger partial charge in [0.2, 0.25) is 0 Å². The molecule has 0 spiro atoms. The van der Waals surface area contributed by atoms with E-state index in [1.807, 2.05) is 19.9 Å². The van der Waals surface area contributed by atoms with E-state index in [0.29, 0.717) is 0 Å². The van der Waals surface area contributed by atoms with Gasteiger partial charge >= 0.3 is 17.1 Å². The average Bonchev–Trinajstić information content (AvgIpc) is 2.01. The van der Waals surface area contributed by atoms with Crippen LogP contribution in [0.1, 0.15) is 19.4 Å². The number of hydrogen-bond acceptors (Lipinski definition) is 2. The first-order valence-electron chi connectivity index (χ1n) is 4.25. The Balaban J connectivity index is 0.00000196. The van der Waals surface area contributed by atoms with Gasteiger partial charge in [0.05, 0.1) is 4.90 Å². The van der Waals surface area contributed by atoms with Crippen LogP contribution in [0.25, 0.3) is 0 Å². The second-order valence-electron chi connectivity index (χ2n) is 3.51. The van der Waals surface area contributed by atoms with Crippen molar-refractivity contribution in [1.29, 1.82) is 0 Å². The Hall–Kier alpha value is -0.351. The molecule has 0 aliphatic heterocycles. The van der Waals surface area contributed by atoms with Gasteiger partial charge in [0.1, 0.15) is 0 Å². The second-order valence-corrected chi connectivity index (χ2v) is 4.93. The topological polar surface area (TPSA) is 54.4 Å². The van der Waals surface area contributed by atoms with E-state index in [4.69, 9.17) is 4.55 Å². The van der Waals surface area contributed by atoms with Crippen molar-refractivity contribution in [2.24, 2.45) is 0 Å². The summed E-state index contributed by atoms with van der Waals surface area (Å²) in [4.78, 5) is -0.0451. The zero-order valence-corrected chi connectivity index (χ0v) is 10.2. The van der Waals surface area contributed by atoms with Gasteiger partial charge in [-0.1, -0.05) is 17.7 Å². The quantitative estimate of drug-likeness (QED) is 0.522. The van der Waals surface area contributed by atoms with Crippen molar-refractivity contribution in [2.75, 3.05) is 0 Å². The monoisotopic (exact) mass is 276 g/mol. The first-order valence-corrected chi connectivity index (χ1v) is 5.69. The van der Waals surface area contributed by atoms with Crippen LogP contribution in [-0.4, -0.2) is 13.0 Å². The zero-order valence-electron chi connectivity index (χ0n) is 8.49. The average molecular weight is 277 g/mol. The van der Waals surface area contributed by atoms with Crippen LogP contribution >= 0.6 is 0 Å². The molecule has 1 aromatic carbocycles. The van der Waals surface area contributed by atoms with Crippen LogP contribution in [0, 0.1) is 5.92 Å². The molecule has 0 fully saturated rings. The van der Waals surface area contributed by atoms with Gasteiger partial charge in [-0.15, -0.1) is 0 Å². The summed E-state index contributed by atoms with van der Waals surface area (Å²) in [5, 5.41) is 0. The maximum Gasteiger partial charge on any atom is 1.00 e. The van der Waals surface area contributed by atoms with Crippen LogP contribution in [0.2, 0.25) is 0 Å². The summed E-state index contributed by atoms with van der Waals surface area (Å²) in [6.45, 7) is 3.94. The summed E-state index contributed by atoms with van der Waals surface area (Å²) in [6, 6.07) is 6.33. The summed E-state index contributed by atoms with van der Waals surface area (Å²) < 4.78 is 30.5. The van der Waals surface area contributed by atoms with E-state index in [1.165, 1.54) is 18.1 Å². The molecule has 0 aliphatic rings. The van der Waals surface area contributed by atoms with E-state index in [9.17, 15) is 8.42 Å². The van der Waals surface area contributed by atoms with Crippen molar-refractivity contribution in [1.82, 2.24) is 0 Å². The fourth-order valence-corrected chi connectivity index (χ4v) is 1.77. The number of rotatable bonds is 3. The van der Waals surface area contributed by atoms with Crippen LogP contribution < -0.4 is 0 Å². The fourth-order valence-electron chi connectivity index (χ4n) is 1.22. The molecule has 0 saturated carbocycles. The Kier molecular flexibility index (Phi) is 5.52. The van der Waals surface area contributed by atoms with E-state index in [2.05, 4.69) is 0 Å². The summed E-state index contributed by atoms with van der Waals surface area (Å²) >= 11 is 0. The van der Waals surface area contributed by atoms with E-state index < -0.39 is 10.1 Å². The molecule has 0 bridgehead atoms. The first-order chi connectivity index (χ1) is 6.39. The molecule has 0 unspecified atom stereocenters. The third-order valence-corrected chi connectivity index (χ3v) is 2.60. The molecule has 0 saturated heterocycles. The van der Waals surface area contributed by atoms with Gasteiger partial charge in [-0.25, -0.2) is 0 Å². The second kappa shape index (κ2) is 5.66. The molecule has 0 radical (unpaired) electrons. The van der Waals surface area contributed by atoms with E-state index in [0.717, 1.165) is 12.0 Å². The SMILES string of the molecule is C[C-](C)Cc1cccc(S(=O)(=O)O)c1.[Cu+]. The molecule has 3 nitrogen and oxygen atoms in total. The molecule has 15 heavy (non-hydrogen) atoms. The van der Waals surface area contributed by atoms with E-state index in [-0.39, 0.29) is 22.0 Å². The van der Waals surface area contributed by atoms with Crippen LogP contribution in [0.5, 0.6) is 0 Å². The van der Waals surface area contributed by atoms with Crippen LogP contribution in [-0.2, 0) is 33.6 Å². The standard InChI is InChI=1S/C10H13O3S.Cu/c1-8(2)6-9-4-3-5-10(7-9)14(11,12)13;/h3-5,7H,6H2,1-2H3,(H,11,12,13);/q-1;+1. The molecule has 0 aromatic heterocycles. The van der Waals surface area contributed by atoms with Gasteiger partial charge in [0.15, 0.2) is 0 Å². The van der Waals surface area contributed by atoms with Crippen molar-refractivity contribution < 1.29 is 30.0 Å². The maximum absolute atomic E-state index is 10.8. The molecule has 1 rings (SSSR count). The number of benzene rings is 1. The summed E-state index contributed by atoms with van der Waals surface area (Å²) in [5.74, 6) is 1.19. The van der Waals surface area contributed by atoms with Crippen molar-refractivity contribution in [3.63, 3.8) is 0 Å². The minimum absolute atomic E-state index is 0. The molecule has 5 heteroatoms. The minimum atomic E-state index is -4.07. The largest absolute Gasteiger partial charge is 1.00 e. The van der Waals surface area contributed by atoms with Crippen molar-refractivity contribution >= 4 is 10.1 Å². The van der Waals surface area contributed by atoms with E-state index >= 15 is 0 Å². The molecule has 0 amide bonds. The molecular formula is C10H13CuO3S. The van der Waals surface area contributed by atoms with Crippen molar-refractivity contribution in [3.8, 4) is 0 Å². The molecule has 1 aromatic rings. The third-order valence-electron chi connectivity index (χ3n) is 1.75. The third kappa shape index (κ3) is 4.80.